The first kappa shape index (κ1) is 17.4. The van der Waals surface area contributed by atoms with Crippen molar-refractivity contribution in [1.82, 2.24) is 0 Å². The van der Waals surface area contributed by atoms with Crippen LogP contribution >= 0.6 is 0 Å². The minimum absolute atomic E-state index is 0. The van der Waals surface area contributed by atoms with Crippen molar-refractivity contribution in [3.63, 3.8) is 0 Å². The zero-order valence-corrected chi connectivity index (χ0v) is 17.5. The van der Waals surface area contributed by atoms with E-state index in [9.17, 15) is 0 Å². The topological polar surface area (TPSA) is 0 Å². The van der Waals surface area contributed by atoms with Crippen molar-refractivity contribution < 1.29 is 33.5 Å². The summed E-state index contributed by atoms with van der Waals surface area (Å²) in [6, 6.07) is 18.4. The fraction of sp³-hybridized carbons (Fsp3) is 0.200. The molecule has 4 rings (SSSR count). The van der Waals surface area contributed by atoms with E-state index in [1.54, 1.807) is 11.1 Å². The van der Waals surface area contributed by atoms with E-state index in [-0.39, 0.29) is 8.41 Å². The van der Waals surface area contributed by atoms with Crippen LogP contribution in [0.1, 0.15) is 12.7 Å². The minimum atomic E-state index is -1.81. The van der Waals surface area contributed by atoms with Gasteiger partial charge in [0.25, 0.3) is 0 Å². The molecule has 2 aromatic rings. The number of fused-ring (bicyclic) bond motifs is 3. The molecule has 0 heterocycles. The molecule has 3 heteroatoms. The summed E-state index contributed by atoms with van der Waals surface area (Å²) in [5.74, 6) is 0. The van der Waals surface area contributed by atoms with Crippen molar-refractivity contribution in [2.75, 3.05) is 0 Å². The van der Waals surface area contributed by atoms with Gasteiger partial charge in [-0.2, -0.15) is 0 Å². The molecule has 0 bridgehead atoms. The van der Waals surface area contributed by atoms with Crippen LogP contribution in [0.5, 0.6) is 0 Å². The molecule has 0 N–H and O–H groups in total. The normalized spacial score (nSPS) is 15.6. The van der Waals surface area contributed by atoms with Crippen molar-refractivity contribution in [1.29, 1.82) is 0 Å². The van der Waals surface area contributed by atoms with Crippen LogP contribution in [0.4, 0.5) is 0 Å². The summed E-state index contributed by atoms with van der Waals surface area (Å²) in [5.41, 5.74) is 6.29. The van der Waals surface area contributed by atoms with E-state index in [4.69, 9.17) is 0 Å². The molecular formula is C20H24BNdSi. The van der Waals surface area contributed by atoms with Gasteiger partial charge in [-0.3, -0.25) is 0 Å². The van der Waals surface area contributed by atoms with Gasteiger partial charge in [0.1, 0.15) is 0 Å². The maximum atomic E-state index is 2.60. The van der Waals surface area contributed by atoms with E-state index in [1.165, 1.54) is 11.1 Å². The van der Waals surface area contributed by atoms with Crippen LogP contribution in [-0.2, 0) is 0 Å². The fourth-order valence-electron chi connectivity index (χ4n) is 4.08. The molecule has 0 spiro atoms. The summed E-state index contributed by atoms with van der Waals surface area (Å²) in [6.45, 7) is 5.21. The molecule has 0 nitrogen and oxygen atoms in total. The Labute approximate surface area is 155 Å². The molecule has 2 aliphatic rings. The van der Waals surface area contributed by atoms with Crippen molar-refractivity contribution in [3.8, 4) is 11.1 Å². The van der Waals surface area contributed by atoms with Crippen LogP contribution in [0.3, 0.4) is 0 Å². The number of benzene rings is 2. The van der Waals surface area contributed by atoms with Crippen molar-refractivity contribution >= 4 is 11.8 Å². The van der Waals surface area contributed by atoms with E-state index in [0.717, 1.165) is 3.14 Å². The van der Waals surface area contributed by atoms with Gasteiger partial charge in [0.05, 0.1) is 8.41 Å². The second-order valence-corrected chi connectivity index (χ2v) is 32.1. The van der Waals surface area contributed by atoms with Gasteiger partial charge in [-0.25, -0.2) is 0 Å². The van der Waals surface area contributed by atoms with Crippen LogP contribution in [0.15, 0.2) is 72.8 Å². The predicted molar refractivity (Wildman–Crippen MR) is 105 cm³/mol. The van der Waals surface area contributed by atoms with E-state index in [2.05, 4.69) is 85.9 Å². The Kier molecular flexibility index (Phi) is 5.44. The van der Waals surface area contributed by atoms with Crippen LogP contribution in [0.25, 0.3) is 11.1 Å². The maximum absolute atomic E-state index is 2.60. The average molecular weight is 448 g/mol. The van der Waals surface area contributed by atoms with Gasteiger partial charge in [-0.05, 0) is 0 Å². The quantitative estimate of drug-likeness (QED) is 0.622. The summed E-state index contributed by atoms with van der Waals surface area (Å²) < 4.78 is 1.00. The van der Waals surface area contributed by atoms with Gasteiger partial charge in [-0.1, -0.05) is 0 Å². The molecule has 23 heavy (non-hydrogen) atoms. The van der Waals surface area contributed by atoms with Gasteiger partial charge >= 0.3 is 148 Å². The summed E-state index contributed by atoms with van der Waals surface area (Å²) >= 11 is -1.81. The Morgan fingerprint density at radius 3 is 1.74 bits per heavy atom. The molecule has 0 unspecified atom stereocenters. The van der Waals surface area contributed by atoms with Gasteiger partial charge in [0, 0.05) is 0 Å². The van der Waals surface area contributed by atoms with Crippen LogP contribution in [0, 0.1) is 33.5 Å². The van der Waals surface area contributed by atoms with Crippen molar-refractivity contribution in [3.05, 3.63) is 84.0 Å². The van der Waals surface area contributed by atoms with Crippen molar-refractivity contribution in [2.24, 2.45) is 0 Å². The third kappa shape index (κ3) is 2.98. The van der Waals surface area contributed by atoms with E-state index >= 15 is 0 Å². The summed E-state index contributed by atoms with van der Waals surface area (Å²) in [5, 5.41) is 0. The molecule has 0 radical (unpaired) electrons. The first-order valence-electron chi connectivity index (χ1n) is 8.17. The zero-order valence-electron chi connectivity index (χ0n) is 13.2. The van der Waals surface area contributed by atoms with Crippen molar-refractivity contribution in [2.45, 2.75) is 16.2 Å². The molecule has 0 fully saturated rings. The Morgan fingerprint density at radius 2 is 1.26 bits per heavy atom. The van der Waals surface area contributed by atoms with Crippen LogP contribution < -0.4 is 0 Å². The molecule has 0 atom stereocenters. The molecule has 0 saturated carbocycles. The third-order valence-corrected chi connectivity index (χ3v) is 32.3. The molecule has 2 aromatic carbocycles. The van der Waals surface area contributed by atoms with E-state index in [0.29, 0.717) is 0 Å². The Morgan fingerprint density at radius 1 is 0.783 bits per heavy atom. The van der Waals surface area contributed by atoms with Gasteiger partial charge < -0.3 is 0 Å². The number of hydrogen-bond donors (Lipinski definition) is 0. The second kappa shape index (κ2) is 7.20. The first-order chi connectivity index (χ1) is 10.8. The second-order valence-electron chi connectivity index (χ2n) is 6.56. The van der Waals surface area contributed by atoms with E-state index in [1.807, 2.05) is 0 Å². The third-order valence-electron chi connectivity index (χ3n) is 4.97. The van der Waals surface area contributed by atoms with Gasteiger partial charge in [0.15, 0.2) is 0 Å². The molecule has 2 aliphatic carbocycles. The number of allylic oxidation sites excluding steroid dienone is 4. The Hall–Kier alpha value is -0.448. The van der Waals surface area contributed by atoms with Gasteiger partial charge in [-0.15, -0.1) is 0 Å². The zero-order chi connectivity index (χ0) is 15.1. The summed E-state index contributed by atoms with van der Waals surface area (Å²) in [7, 11) is 0. The summed E-state index contributed by atoms with van der Waals surface area (Å²) in [4.78, 5) is 0. The SMILES string of the molecule is B.C[SiH](C)[Nd]([CH]1C=CC=C1)[CH]1c2ccccc2-c2ccccc21. The molecule has 0 aliphatic heterocycles. The number of rotatable bonds is 3. The fourth-order valence-corrected chi connectivity index (χ4v) is 30.9. The van der Waals surface area contributed by atoms with Crippen LogP contribution in [-0.4, -0.2) is 11.8 Å². The molecule has 0 saturated heterocycles. The Bertz CT molecular complexity index is 708. The molecule has 115 valence electrons. The summed E-state index contributed by atoms with van der Waals surface area (Å²) in [6.07, 6.45) is 9.55. The predicted octanol–water partition coefficient (Wildman–Crippen LogP) is 4.09. The monoisotopic (exact) mass is 445 g/mol. The Balaban J connectivity index is 0.00000156. The number of hydrogen-bond acceptors (Lipinski definition) is 0. The first-order valence-corrected chi connectivity index (χ1v) is 20.3. The van der Waals surface area contributed by atoms with E-state index < -0.39 is 36.9 Å². The van der Waals surface area contributed by atoms with Crippen LogP contribution in [0.2, 0.25) is 14.7 Å². The molecule has 0 aromatic heterocycles. The molecule has 0 amide bonds. The van der Waals surface area contributed by atoms with Gasteiger partial charge in [0.2, 0.25) is 0 Å². The standard InChI is InChI=1S/C13H9.C5H5.C2H7Si.BH3.Nd/c1-3-7-12-10(5-1)9-11-6-2-4-8-13(11)12;1-2-4-5-3-1;1-3-2;;/h1-9H;1-5H;3H,1-2H3;1H3;. The average Bonchev–Trinajstić information content (AvgIpc) is 3.16. The molecular weight excluding hydrogens is 423 g/mol.